The van der Waals surface area contributed by atoms with E-state index in [2.05, 4.69) is 29.4 Å². The Bertz CT molecular complexity index is 1330. The number of hydrogen-bond donors (Lipinski definition) is 3. The molecule has 3 fully saturated rings. The van der Waals surface area contributed by atoms with Gasteiger partial charge in [-0.3, -0.25) is 14.4 Å². The normalized spacial score (nSPS) is 28.0. The summed E-state index contributed by atoms with van der Waals surface area (Å²) in [5, 5.41) is 16.1. The molecule has 232 valence electrons. The summed E-state index contributed by atoms with van der Waals surface area (Å²) in [6, 6.07) is 13.1. The quantitative estimate of drug-likeness (QED) is 0.340. The summed E-state index contributed by atoms with van der Waals surface area (Å²) in [6.07, 6.45) is 1.55. The van der Waals surface area contributed by atoms with Gasteiger partial charge in [-0.15, -0.1) is 0 Å². The minimum atomic E-state index is -1.18. The molecule has 6 atom stereocenters. The van der Waals surface area contributed by atoms with Gasteiger partial charge in [0.15, 0.2) is 0 Å². The zero-order chi connectivity index (χ0) is 30.9. The Balaban J connectivity index is 1.45. The number of aliphatic hydroxyl groups is 1. The fraction of sp³-hybridized carbons (Fsp3) is 0.545. The Morgan fingerprint density at radius 3 is 2.16 bits per heavy atom. The molecule has 2 bridgehead atoms. The summed E-state index contributed by atoms with van der Waals surface area (Å²) in [6.45, 7) is 11.7. The largest absolute Gasteiger partial charge is 0.494 e. The van der Waals surface area contributed by atoms with E-state index in [9.17, 15) is 19.5 Å². The molecule has 3 amide bonds. The first-order chi connectivity index (χ1) is 20.7. The molecular weight excluding hydrogens is 548 g/mol. The first kappa shape index (κ1) is 30.8. The molecule has 3 saturated heterocycles. The van der Waals surface area contributed by atoms with Crippen LogP contribution in [0.15, 0.2) is 48.5 Å². The standard InChI is InChI=1S/C33H44N4O6/c1-6-32-18-19-33(43-32)27(26(32)29(39)34-23-12-16-25(17-13-23)42-9-4)31(41)37(21(5)20-38)28(33)30(40)35-22-10-14-24(15-11-22)36(7-2)8-3/h10-17,21,26-28,38H,6-9,18-20H2,1-5H3,(H,34,39)(H,35,40)/t21-,26+,27+,28?,32-,33?/m1/s1. The molecule has 3 aliphatic heterocycles. The third-order valence-corrected chi connectivity index (χ3v) is 9.58. The number of aliphatic hydroxyl groups excluding tert-OH is 1. The van der Waals surface area contributed by atoms with E-state index in [-0.39, 0.29) is 24.3 Å². The van der Waals surface area contributed by atoms with E-state index in [4.69, 9.17) is 9.47 Å². The molecule has 2 aromatic carbocycles. The molecule has 10 nitrogen and oxygen atoms in total. The van der Waals surface area contributed by atoms with Crippen LogP contribution in [0.25, 0.3) is 0 Å². The van der Waals surface area contributed by atoms with Crippen LogP contribution in [0.4, 0.5) is 17.1 Å². The zero-order valence-corrected chi connectivity index (χ0v) is 25.8. The van der Waals surface area contributed by atoms with Crippen LogP contribution in [-0.2, 0) is 19.1 Å². The van der Waals surface area contributed by atoms with Crippen molar-refractivity contribution in [2.75, 3.05) is 41.8 Å². The van der Waals surface area contributed by atoms with Gasteiger partial charge in [0.2, 0.25) is 17.7 Å². The Kier molecular flexibility index (Phi) is 8.72. The number of nitrogens with zero attached hydrogens (tertiary/aromatic N) is 2. The molecule has 0 saturated carbocycles. The van der Waals surface area contributed by atoms with Crippen molar-refractivity contribution in [2.45, 2.75) is 77.2 Å². The second-order valence-electron chi connectivity index (χ2n) is 11.8. The molecule has 0 aromatic heterocycles. The van der Waals surface area contributed by atoms with E-state index in [1.807, 2.05) is 38.1 Å². The van der Waals surface area contributed by atoms with Gasteiger partial charge in [-0.25, -0.2) is 0 Å². The van der Waals surface area contributed by atoms with Crippen LogP contribution in [0.3, 0.4) is 0 Å². The lowest BCUT2D eigenvalue weighted by atomic mass is 9.65. The minimum absolute atomic E-state index is 0.310. The van der Waals surface area contributed by atoms with Crippen LogP contribution in [0.2, 0.25) is 0 Å². The van der Waals surface area contributed by atoms with Crippen molar-refractivity contribution >= 4 is 34.8 Å². The van der Waals surface area contributed by atoms with E-state index in [0.717, 1.165) is 18.8 Å². The van der Waals surface area contributed by atoms with Gasteiger partial charge in [-0.05, 0) is 95.5 Å². The number of fused-ring (bicyclic) bond motifs is 1. The number of likely N-dealkylation sites (tertiary alicyclic amines) is 1. The van der Waals surface area contributed by atoms with E-state index >= 15 is 0 Å². The molecule has 2 aromatic rings. The highest BCUT2D eigenvalue weighted by atomic mass is 16.5. The smallest absolute Gasteiger partial charge is 0.250 e. The van der Waals surface area contributed by atoms with E-state index in [1.54, 1.807) is 31.2 Å². The number of hydrogen-bond acceptors (Lipinski definition) is 7. The van der Waals surface area contributed by atoms with Crippen molar-refractivity contribution in [3.8, 4) is 5.75 Å². The maximum atomic E-state index is 14.2. The first-order valence-electron chi connectivity index (χ1n) is 15.5. The van der Waals surface area contributed by atoms with Crippen LogP contribution < -0.4 is 20.3 Å². The molecule has 2 unspecified atom stereocenters. The van der Waals surface area contributed by atoms with Crippen molar-refractivity contribution in [1.82, 2.24) is 4.90 Å². The fourth-order valence-electron chi connectivity index (χ4n) is 7.49. The molecule has 0 aliphatic carbocycles. The minimum Gasteiger partial charge on any atom is -0.494 e. The number of anilines is 3. The fourth-order valence-corrected chi connectivity index (χ4v) is 7.49. The molecular formula is C33H44N4O6. The lowest BCUT2D eigenvalue weighted by molar-refractivity contribution is -0.147. The third-order valence-electron chi connectivity index (χ3n) is 9.58. The van der Waals surface area contributed by atoms with Crippen molar-refractivity contribution in [2.24, 2.45) is 11.8 Å². The van der Waals surface area contributed by atoms with Gasteiger partial charge >= 0.3 is 0 Å². The van der Waals surface area contributed by atoms with Crippen LogP contribution in [0.5, 0.6) is 5.75 Å². The van der Waals surface area contributed by atoms with Gasteiger partial charge in [0.25, 0.3) is 0 Å². The number of carbonyl (C=O) groups is 3. The van der Waals surface area contributed by atoms with Gasteiger partial charge < -0.3 is 35.0 Å². The van der Waals surface area contributed by atoms with Crippen molar-refractivity contribution < 1.29 is 29.0 Å². The molecule has 10 heteroatoms. The van der Waals surface area contributed by atoms with Crippen LogP contribution in [0.1, 0.15) is 53.9 Å². The Morgan fingerprint density at radius 1 is 1.00 bits per heavy atom. The first-order valence-corrected chi connectivity index (χ1v) is 15.5. The summed E-state index contributed by atoms with van der Waals surface area (Å²) >= 11 is 0. The van der Waals surface area contributed by atoms with Gasteiger partial charge in [0, 0.05) is 30.2 Å². The third kappa shape index (κ3) is 5.14. The van der Waals surface area contributed by atoms with Crippen LogP contribution in [0, 0.1) is 11.8 Å². The Morgan fingerprint density at radius 2 is 1.60 bits per heavy atom. The van der Waals surface area contributed by atoms with E-state index in [0.29, 0.717) is 43.0 Å². The van der Waals surface area contributed by atoms with Gasteiger partial charge in [0.1, 0.15) is 17.4 Å². The molecule has 3 aliphatic rings. The predicted molar refractivity (Wildman–Crippen MR) is 165 cm³/mol. The topological polar surface area (TPSA) is 120 Å². The number of amides is 3. The Hall–Kier alpha value is -3.63. The molecule has 3 N–H and O–H groups in total. The summed E-state index contributed by atoms with van der Waals surface area (Å²) in [5.74, 6) is -1.96. The van der Waals surface area contributed by atoms with E-state index < -0.39 is 35.1 Å². The monoisotopic (exact) mass is 592 g/mol. The zero-order valence-electron chi connectivity index (χ0n) is 25.8. The van der Waals surface area contributed by atoms with Crippen LogP contribution in [-0.4, -0.2) is 77.3 Å². The highest BCUT2D eigenvalue weighted by molar-refractivity contribution is 6.05. The molecule has 3 heterocycles. The van der Waals surface area contributed by atoms with Crippen LogP contribution >= 0.6 is 0 Å². The van der Waals surface area contributed by atoms with Gasteiger partial charge in [0.05, 0.1) is 36.7 Å². The summed E-state index contributed by atoms with van der Waals surface area (Å²) in [5.41, 5.74) is 0.200. The number of rotatable bonds is 12. The van der Waals surface area contributed by atoms with Crippen molar-refractivity contribution in [3.63, 3.8) is 0 Å². The molecule has 0 radical (unpaired) electrons. The SMILES string of the molecule is CCOc1ccc(NC(=O)[C@@H]2[C@H]3C(=O)N([C@H](C)CO)C(C(=O)Nc4ccc(N(CC)CC)cc4)C34CC[C@@]2(CC)O4)cc1. The molecule has 1 spiro atoms. The maximum Gasteiger partial charge on any atom is 0.250 e. The molecule has 5 rings (SSSR count). The number of ether oxygens (including phenoxy) is 2. The second kappa shape index (κ2) is 12.2. The highest BCUT2D eigenvalue weighted by Crippen LogP contribution is 2.64. The maximum absolute atomic E-state index is 14.2. The summed E-state index contributed by atoms with van der Waals surface area (Å²) in [7, 11) is 0. The van der Waals surface area contributed by atoms with Crippen molar-refractivity contribution in [1.29, 1.82) is 0 Å². The summed E-state index contributed by atoms with van der Waals surface area (Å²) in [4.78, 5) is 46.0. The average Bonchev–Trinajstić information content (AvgIpc) is 3.63. The number of benzene rings is 2. The lowest BCUT2D eigenvalue weighted by Crippen LogP contribution is -2.55. The predicted octanol–water partition coefficient (Wildman–Crippen LogP) is 4.04. The average molecular weight is 593 g/mol. The lowest BCUT2D eigenvalue weighted by Gasteiger charge is -2.36. The highest BCUT2D eigenvalue weighted by Gasteiger charge is 2.79. The van der Waals surface area contributed by atoms with E-state index in [1.165, 1.54) is 4.90 Å². The number of nitrogens with one attached hydrogen (secondary N) is 2. The van der Waals surface area contributed by atoms with Crippen molar-refractivity contribution in [3.05, 3.63) is 48.5 Å². The van der Waals surface area contributed by atoms with Gasteiger partial charge in [-0.1, -0.05) is 6.92 Å². The second-order valence-corrected chi connectivity index (χ2v) is 11.8. The Labute approximate surface area is 253 Å². The number of carbonyl (C=O) groups excluding carboxylic acids is 3. The van der Waals surface area contributed by atoms with Gasteiger partial charge in [-0.2, -0.15) is 0 Å². The summed E-state index contributed by atoms with van der Waals surface area (Å²) < 4.78 is 12.3. The molecule has 43 heavy (non-hydrogen) atoms.